The van der Waals surface area contributed by atoms with Gasteiger partial charge in [0.15, 0.2) is 0 Å². The lowest BCUT2D eigenvalue weighted by Gasteiger charge is -2.05. The topological polar surface area (TPSA) is 66.8 Å². The Morgan fingerprint density at radius 1 is 1.14 bits per heavy atom. The van der Waals surface area contributed by atoms with Gasteiger partial charge in [0.25, 0.3) is 0 Å². The van der Waals surface area contributed by atoms with Gasteiger partial charge in [0.2, 0.25) is 0 Å². The molecule has 0 amide bonds. The van der Waals surface area contributed by atoms with Crippen LogP contribution < -0.4 is 4.74 Å². The van der Waals surface area contributed by atoms with E-state index in [4.69, 9.17) is 9.47 Å². The predicted molar refractivity (Wildman–Crippen MR) is 78.6 cm³/mol. The van der Waals surface area contributed by atoms with Gasteiger partial charge in [-0.25, -0.2) is 4.79 Å². The van der Waals surface area contributed by atoms with E-state index in [0.717, 1.165) is 5.56 Å². The maximum atomic E-state index is 11.9. The molecule has 0 unspecified atom stereocenters. The van der Waals surface area contributed by atoms with Crippen molar-refractivity contribution in [3.8, 4) is 5.75 Å². The summed E-state index contributed by atoms with van der Waals surface area (Å²) in [5, 5.41) is 0. The first-order chi connectivity index (χ1) is 10.7. The molecule has 0 aliphatic rings. The average Bonchev–Trinajstić information content (AvgIpc) is 3.02. The summed E-state index contributed by atoms with van der Waals surface area (Å²) >= 11 is 0. The van der Waals surface area contributed by atoms with Crippen molar-refractivity contribution in [3.05, 3.63) is 54.4 Å². The fourth-order valence-corrected chi connectivity index (χ4v) is 1.72. The Morgan fingerprint density at radius 3 is 2.64 bits per heavy atom. The summed E-state index contributed by atoms with van der Waals surface area (Å²) < 4.78 is 16.3. The number of ether oxygens (including phenoxy) is 3. The minimum atomic E-state index is -0.494. The standard InChI is InChI=1S/C16H17NO5/c1-20-15(18)8-10-21-14-7-9-17(11-14)16(19)22-12-13-5-3-2-4-6-13/h2-7,9,11H,8,10,12H2,1H3. The SMILES string of the molecule is COC(=O)CCOc1ccn(C(=O)OCc2ccccc2)c1. The van der Waals surface area contributed by atoms with Crippen LogP contribution in [0.5, 0.6) is 5.75 Å². The molecule has 2 rings (SSSR count). The van der Waals surface area contributed by atoms with E-state index in [2.05, 4.69) is 4.74 Å². The van der Waals surface area contributed by atoms with Crippen molar-refractivity contribution in [1.29, 1.82) is 0 Å². The number of carbonyl (C=O) groups is 2. The summed E-state index contributed by atoms with van der Waals surface area (Å²) in [7, 11) is 1.32. The lowest BCUT2D eigenvalue weighted by Crippen LogP contribution is -2.11. The zero-order valence-electron chi connectivity index (χ0n) is 12.2. The van der Waals surface area contributed by atoms with E-state index in [-0.39, 0.29) is 25.6 Å². The lowest BCUT2D eigenvalue weighted by molar-refractivity contribution is -0.141. The number of aromatic nitrogens is 1. The Bertz CT molecular complexity index is 620. The molecule has 6 heteroatoms. The number of benzene rings is 1. The van der Waals surface area contributed by atoms with E-state index < -0.39 is 6.09 Å². The predicted octanol–water partition coefficient (Wildman–Crippen LogP) is 2.61. The molecular weight excluding hydrogens is 286 g/mol. The van der Waals surface area contributed by atoms with Crippen LogP contribution in [0.25, 0.3) is 0 Å². The number of nitrogens with zero attached hydrogens (tertiary/aromatic N) is 1. The van der Waals surface area contributed by atoms with E-state index in [1.54, 1.807) is 12.3 Å². The molecule has 116 valence electrons. The zero-order chi connectivity index (χ0) is 15.8. The number of hydrogen-bond donors (Lipinski definition) is 0. The van der Waals surface area contributed by atoms with E-state index in [0.29, 0.717) is 5.75 Å². The summed E-state index contributed by atoms with van der Waals surface area (Å²) in [6.45, 7) is 0.395. The van der Waals surface area contributed by atoms with E-state index in [1.807, 2.05) is 30.3 Å². The number of hydrogen-bond acceptors (Lipinski definition) is 5. The highest BCUT2D eigenvalue weighted by molar-refractivity contribution is 5.71. The Morgan fingerprint density at radius 2 is 1.91 bits per heavy atom. The first-order valence-corrected chi connectivity index (χ1v) is 6.77. The van der Waals surface area contributed by atoms with E-state index in [9.17, 15) is 9.59 Å². The van der Waals surface area contributed by atoms with Crippen molar-refractivity contribution in [2.24, 2.45) is 0 Å². The van der Waals surface area contributed by atoms with Crippen molar-refractivity contribution in [1.82, 2.24) is 4.57 Å². The smallest absolute Gasteiger partial charge is 0.418 e. The molecule has 0 aliphatic carbocycles. The van der Waals surface area contributed by atoms with Crippen molar-refractivity contribution in [2.75, 3.05) is 13.7 Å². The van der Waals surface area contributed by atoms with Gasteiger partial charge in [0.05, 0.1) is 26.3 Å². The molecule has 0 N–H and O–H groups in total. The van der Waals surface area contributed by atoms with Crippen LogP contribution in [0.3, 0.4) is 0 Å². The first-order valence-electron chi connectivity index (χ1n) is 6.77. The monoisotopic (exact) mass is 303 g/mol. The molecule has 1 heterocycles. The molecule has 0 bridgehead atoms. The Kier molecular flexibility index (Phi) is 5.59. The Labute approximate surface area is 128 Å². The molecule has 6 nitrogen and oxygen atoms in total. The molecule has 0 atom stereocenters. The van der Waals surface area contributed by atoms with Crippen LogP contribution in [0.15, 0.2) is 48.8 Å². The van der Waals surface area contributed by atoms with Crippen LogP contribution in [0.4, 0.5) is 4.79 Å². The van der Waals surface area contributed by atoms with Crippen LogP contribution >= 0.6 is 0 Å². The average molecular weight is 303 g/mol. The normalized spacial score (nSPS) is 10.0. The van der Waals surface area contributed by atoms with Gasteiger partial charge in [0.1, 0.15) is 12.4 Å². The molecule has 0 fully saturated rings. The van der Waals surface area contributed by atoms with Crippen LogP contribution in [0.2, 0.25) is 0 Å². The summed E-state index contributed by atoms with van der Waals surface area (Å²) in [5.41, 5.74) is 0.914. The zero-order valence-corrected chi connectivity index (χ0v) is 12.2. The van der Waals surface area contributed by atoms with Crippen molar-refractivity contribution >= 4 is 12.1 Å². The second-order valence-corrected chi connectivity index (χ2v) is 4.47. The second-order valence-electron chi connectivity index (χ2n) is 4.47. The molecule has 0 spiro atoms. The fraction of sp³-hybridized carbons (Fsp3) is 0.250. The summed E-state index contributed by atoms with van der Waals surface area (Å²) in [4.78, 5) is 22.8. The number of carbonyl (C=O) groups excluding carboxylic acids is 2. The van der Waals surface area contributed by atoms with Gasteiger partial charge in [-0.15, -0.1) is 0 Å². The van der Waals surface area contributed by atoms with Gasteiger partial charge in [-0.3, -0.25) is 9.36 Å². The van der Waals surface area contributed by atoms with Gasteiger partial charge in [-0.05, 0) is 11.6 Å². The van der Waals surface area contributed by atoms with E-state index in [1.165, 1.54) is 17.9 Å². The van der Waals surface area contributed by atoms with Crippen LogP contribution in [-0.2, 0) is 20.9 Å². The van der Waals surface area contributed by atoms with Crippen LogP contribution in [-0.4, -0.2) is 30.3 Å². The molecule has 0 saturated carbocycles. The summed E-state index contributed by atoms with van der Waals surface area (Å²) in [6.07, 6.45) is 2.71. The number of rotatable bonds is 6. The third-order valence-corrected chi connectivity index (χ3v) is 2.88. The van der Waals surface area contributed by atoms with E-state index >= 15 is 0 Å². The highest BCUT2D eigenvalue weighted by atomic mass is 16.6. The summed E-state index contributed by atoms with van der Waals surface area (Å²) in [5.74, 6) is 0.141. The largest absolute Gasteiger partial charge is 0.491 e. The molecule has 0 aliphatic heterocycles. The first kappa shape index (κ1) is 15.6. The molecule has 1 aromatic heterocycles. The minimum Gasteiger partial charge on any atom is -0.491 e. The highest BCUT2D eigenvalue weighted by Gasteiger charge is 2.08. The molecule has 0 saturated heterocycles. The molecule has 0 radical (unpaired) electrons. The van der Waals surface area contributed by atoms with Crippen LogP contribution in [0.1, 0.15) is 12.0 Å². The molecular formula is C16H17NO5. The van der Waals surface area contributed by atoms with Gasteiger partial charge < -0.3 is 14.2 Å². The molecule has 22 heavy (non-hydrogen) atoms. The third-order valence-electron chi connectivity index (χ3n) is 2.88. The third kappa shape index (κ3) is 4.66. The highest BCUT2D eigenvalue weighted by Crippen LogP contribution is 2.12. The Balaban J connectivity index is 1.80. The van der Waals surface area contributed by atoms with Crippen LogP contribution in [0, 0.1) is 0 Å². The van der Waals surface area contributed by atoms with Crippen molar-refractivity contribution in [3.63, 3.8) is 0 Å². The lowest BCUT2D eigenvalue weighted by atomic mass is 10.2. The van der Waals surface area contributed by atoms with Crippen molar-refractivity contribution in [2.45, 2.75) is 13.0 Å². The minimum absolute atomic E-state index is 0.153. The summed E-state index contributed by atoms with van der Waals surface area (Å²) in [6, 6.07) is 11.0. The van der Waals surface area contributed by atoms with Gasteiger partial charge in [-0.1, -0.05) is 30.3 Å². The molecule has 2 aromatic rings. The second kappa shape index (κ2) is 7.87. The maximum absolute atomic E-state index is 11.9. The van der Waals surface area contributed by atoms with Gasteiger partial charge >= 0.3 is 12.1 Å². The maximum Gasteiger partial charge on any atom is 0.418 e. The van der Waals surface area contributed by atoms with Crippen molar-refractivity contribution < 1.29 is 23.8 Å². The number of methoxy groups -OCH3 is 1. The molecule has 1 aromatic carbocycles. The van der Waals surface area contributed by atoms with Gasteiger partial charge in [0, 0.05) is 6.20 Å². The Hall–Kier alpha value is -2.76. The quantitative estimate of drug-likeness (QED) is 0.767. The van der Waals surface area contributed by atoms with Gasteiger partial charge in [-0.2, -0.15) is 0 Å². The fourth-order valence-electron chi connectivity index (χ4n) is 1.72. The number of esters is 1.